The van der Waals surface area contributed by atoms with Crippen LogP contribution < -0.4 is 5.73 Å². The number of amides is 1. The van der Waals surface area contributed by atoms with Gasteiger partial charge in [-0.25, -0.2) is 0 Å². The Labute approximate surface area is 134 Å². The number of carbonyl (C=O) groups excluding carboxylic acids is 1. The molecule has 1 heterocycles. The van der Waals surface area contributed by atoms with Crippen molar-refractivity contribution in [1.82, 2.24) is 4.90 Å². The molecule has 1 aliphatic carbocycles. The molecule has 0 aromatic rings. The van der Waals surface area contributed by atoms with Crippen LogP contribution in [-0.2, 0) is 4.79 Å². The summed E-state index contributed by atoms with van der Waals surface area (Å²) in [7, 11) is 0. The van der Waals surface area contributed by atoms with Crippen LogP contribution in [0.25, 0.3) is 0 Å². The first-order valence-corrected chi connectivity index (χ1v) is 8.77. The largest absolute Gasteiger partial charge is 0.392 e. The molecular weight excluding hydrogens is 280 g/mol. The van der Waals surface area contributed by atoms with E-state index in [2.05, 4.69) is 20.8 Å². The molecule has 0 atom stereocenters. The summed E-state index contributed by atoms with van der Waals surface area (Å²) in [6.07, 6.45) is 7.23. The second-order valence-electron chi connectivity index (χ2n) is 7.94. The maximum atomic E-state index is 13.0. The average molecular weight is 311 g/mol. The fourth-order valence-corrected chi connectivity index (χ4v) is 4.26. The first-order valence-electron chi connectivity index (χ1n) is 8.37. The van der Waals surface area contributed by atoms with Crippen LogP contribution in [0.3, 0.4) is 0 Å². The fourth-order valence-electron chi connectivity index (χ4n) is 3.97. The molecule has 1 amide bonds. The monoisotopic (exact) mass is 310 g/mol. The number of hydrogen-bond acceptors (Lipinski definition) is 2. The SMILES string of the molecule is CC(C)(C)C1CCN(C(=O)C2(C(N)=S)CCCCC2)CC1. The minimum Gasteiger partial charge on any atom is -0.392 e. The first kappa shape index (κ1) is 16.7. The third kappa shape index (κ3) is 3.41. The van der Waals surface area contributed by atoms with Crippen molar-refractivity contribution in [2.75, 3.05) is 13.1 Å². The standard InChI is InChI=1S/C17H30N2OS/c1-16(2,3)13-7-11-19(12-8-13)15(20)17(14(18)21)9-5-4-6-10-17/h13H,4-12H2,1-3H3,(H2,18,21). The Balaban J connectivity index is 2.05. The van der Waals surface area contributed by atoms with Gasteiger partial charge in [-0.3, -0.25) is 4.79 Å². The Hall–Kier alpha value is -0.640. The molecule has 0 radical (unpaired) electrons. The van der Waals surface area contributed by atoms with E-state index < -0.39 is 5.41 Å². The third-order valence-corrected chi connectivity index (χ3v) is 5.99. The van der Waals surface area contributed by atoms with E-state index in [1.807, 2.05) is 4.90 Å². The molecule has 120 valence electrons. The molecule has 4 heteroatoms. The van der Waals surface area contributed by atoms with E-state index >= 15 is 0 Å². The molecule has 2 fully saturated rings. The minimum atomic E-state index is -0.540. The van der Waals surface area contributed by atoms with Gasteiger partial charge in [0.2, 0.25) is 5.91 Å². The summed E-state index contributed by atoms with van der Waals surface area (Å²) in [6, 6.07) is 0. The van der Waals surface area contributed by atoms with Gasteiger partial charge >= 0.3 is 0 Å². The van der Waals surface area contributed by atoms with Crippen molar-refractivity contribution in [3.05, 3.63) is 0 Å². The molecule has 0 bridgehead atoms. The van der Waals surface area contributed by atoms with Crippen molar-refractivity contribution >= 4 is 23.1 Å². The molecular formula is C17H30N2OS. The van der Waals surface area contributed by atoms with Crippen LogP contribution in [0.4, 0.5) is 0 Å². The van der Waals surface area contributed by atoms with E-state index in [1.54, 1.807) is 0 Å². The maximum absolute atomic E-state index is 13.0. The van der Waals surface area contributed by atoms with E-state index in [4.69, 9.17) is 18.0 Å². The molecule has 0 unspecified atom stereocenters. The van der Waals surface area contributed by atoms with Gasteiger partial charge in [0.15, 0.2) is 0 Å². The van der Waals surface area contributed by atoms with Crippen LogP contribution >= 0.6 is 12.2 Å². The molecule has 3 nitrogen and oxygen atoms in total. The highest BCUT2D eigenvalue weighted by atomic mass is 32.1. The molecule has 2 aliphatic rings. The average Bonchev–Trinajstić information content (AvgIpc) is 2.46. The Bertz CT molecular complexity index is 400. The number of rotatable bonds is 2. The van der Waals surface area contributed by atoms with E-state index in [-0.39, 0.29) is 5.91 Å². The number of likely N-dealkylation sites (tertiary alicyclic amines) is 1. The molecule has 1 saturated carbocycles. The van der Waals surface area contributed by atoms with Crippen molar-refractivity contribution in [3.8, 4) is 0 Å². The summed E-state index contributed by atoms with van der Waals surface area (Å²) >= 11 is 5.29. The zero-order chi connectivity index (χ0) is 15.7. The molecule has 0 aromatic heterocycles. The van der Waals surface area contributed by atoms with Gasteiger partial charge in [-0.2, -0.15) is 0 Å². The highest BCUT2D eigenvalue weighted by molar-refractivity contribution is 7.80. The van der Waals surface area contributed by atoms with Crippen molar-refractivity contribution in [2.24, 2.45) is 22.5 Å². The van der Waals surface area contributed by atoms with Crippen molar-refractivity contribution < 1.29 is 4.79 Å². The lowest BCUT2D eigenvalue weighted by Gasteiger charge is -2.43. The summed E-state index contributed by atoms with van der Waals surface area (Å²) in [5.41, 5.74) is 5.78. The molecule has 0 aromatic carbocycles. The molecule has 2 N–H and O–H groups in total. The number of piperidine rings is 1. The van der Waals surface area contributed by atoms with Crippen molar-refractivity contribution in [1.29, 1.82) is 0 Å². The van der Waals surface area contributed by atoms with Gasteiger partial charge in [0.25, 0.3) is 0 Å². The topological polar surface area (TPSA) is 46.3 Å². The number of nitrogens with two attached hydrogens (primary N) is 1. The van der Waals surface area contributed by atoms with Gasteiger partial charge in [-0.1, -0.05) is 52.3 Å². The highest BCUT2D eigenvalue weighted by Crippen LogP contribution is 2.40. The van der Waals surface area contributed by atoms with Crippen molar-refractivity contribution in [3.63, 3.8) is 0 Å². The lowest BCUT2D eigenvalue weighted by Crippen LogP contribution is -2.53. The Morgan fingerprint density at radius 1 is 1.14 bits per heavy atom. The summed E-state index contributed by atoms with van der Waals surface area (Å²) in [4.78, 5) is 15.5. The van der Waals surface area contributed by atoms with Crippen LogP contribution in [0.5, 0.6) is 0 Å². The maximum Gasteiger partial charge on any atom is 0.235 e. The Morgan fingerprint density at radius 2 is 1.67 bits per heavy atom. The zero-order valence-electron chi connectivity index (χ0n) is 13.8. The van der Waals surface area contributed by atoms with Gasteiger partial charge < -0.3 is 10.6 Å². The molecule has 1 aliphatic heterocycles. The number of carbonyl (C=O) groups is 1. The molecule has 2 rings (SSSR count). The van der Waals surface area contributed by atoms with Gasteiger partial charge in [-0.15, -0.1) is 0 Å². The van der Waals surface area contributed by atoms with Crippen LogP contribution in [0.1, 0.15) is 65.7 Å². The van der Waals surface area contributed by atoms with E-state index in [0.29, 0.717) is 16.3 Å². The molecule has 1 saturated heterocycles. The molecule has 21 heavy (non-hydrogen) atoms. The van der Waals surface area contributed by atoms with Crippen LogP contribution in [0.2, 0.25) is 0 Å². The van der Waals surface area contributed by atoms with Gasteiger partial charge in [-0.05, 0) is 37.0 Å². The predicted molar refractivity (Wildman–Crippen MR) is 91.1 cm³/mol. The summed E-state index contributed by atoms with van der Waals surface area (Å²) in [5.74, 6) is 0.913. The van der Waals surface area contributed by atoms with E-state index in [0.717, 1.165) is 51.6 Å². The van der Waals surface area contributed by atoms with Gasteiger partial charge in [0, 0.05) is 13.1 Å². The van der Waals surface area contributed by atoms with Crippen molar-refractivity contribution in [2.45, 2.75) is 65.7 Å². The predicted octanol–water partition coefficient (Wildman–Crippen LogP) is 3.51. The van der Waals surface area contributed by atoms with Gasteiger partial charge in [0.05, 0.1) is 10.4 Å². The molecule has 0 spiro atoms. The highest BCUT2D eigenvalue weighted by Gasteiger charge is 2.45. The lowest BCUT2D eigenvalue weighted by molar-refractivity contribution is -0.141. The quantitative estimate of drug-likeness (QED) is 0.794. The summed E-state index contributed by atoms with van der Waals surface area (Å²) < 4.78 is 0. The van der Waals surface area contributed by atoms with E-state index in [1.165, 1.54) is 6.42 Å². The van der Waals surface area contributed by atoms with Crippen LogP contribution in [0, 0.1) is 16.7 Å². The first-order chi connectivity index (χ1) is 9.77. The zero-order valence-corrected chi connectivity index (χ0v) is 14.6. The summed E-state index contributed by atoms with van der Waals surface area (Å²) in [6.45, 7) is 8.63. The van der Waals surface area contributed by atoms with Crippen LogP contribution in [0.15, 0.2) is 0 Å². The normalized spacial score (nSPS) is 23.9. The second kappa shape index (κ2) is 6.23. The summed E-state index contributed by atoms with van der Waals surface area (Å²) in [5, 5.41) is 0. The number of nitrogens with zero attached hydrogens (tertiary/aromatic N) is 1. The lowest BCUT2D eigenvalue weighted by atomic mass is 9.71. The smallest absolute Gasteiger partial charge is 0.235 e. The third-order valence-electron chi connectivity index (χ3n) is 5.60. The van der Waals surface area contributed by atoms with Gasteiger partial charge in [0.1, 0.15) is 0 Å². The number of hydrogen-bond donors (Lipinski definition) is 1. The minimum absolute atomic E-state index is 0.210. The Kier molecular flexibility index (Phi) is 4.96. The number of thiocarbonyl (C=S) groups is 1. The Morgan fingerprint density at radius 3 is 2.10 bits per heavy atom. The fraction of sp³-hybridized carbons (Fsp3) is 0.882. The second-order valence-corrected chi connectivity index (χ2v) is 8.38. The van der Waals surface area contributed by atoms with E-state index in [9.17, 15) is 4.79 Å². The van der Waals surface area contributed by atoms with Crippen LogP contribution in [-0.4, -0.2) is 28.9 Å².